The van der Waals surface area contributed by atoms with Gasteiger partial charge in [0.15, 0.2) is 11.6 Å². The number of hydrogen-bond acceptors (Lipinski definition) is 5. The van der Waals surface area contributed by atoms with Crippen molar-refractivity contribution in [2.45, 2.75) is 0 Å². The van der Waals surface area contributed by atoms with Gasteiger partial charge in [-0.15, -0.1) is 0 Å². The van der Waals surface area contributed by atoms with Crippen LogP contribution >= 0.6 is 0 Å². The van der Waals surface area contributed by atoms with Gasteiger partial charge in [0, 0.05) is 12.1 Å². The Morgan fingerprint density at radius 1 is 1.32 bits per heavy atom. The number of nitrogens with zero attached hydrogens (tertiary/aromatic N) is 1. The van der Waals surface area contributed by atoms with Crippen LogP contribution in [0.25, 0.3) is 0 Å². The van der Waals surface area contributed by atoms with Crippen LogP contribution in [0.5, 0.6) is 11.5 Å². The predicted molar refractivity (Wildman–Crippen MR) is 73.2 cm³/mol. The Hall–Kier alpha value is -2.84. The summed E-state index contributed by atoms with van der Waals surface area (Å²) in [6.07, 6.45) is 0. The summed E-state index contributed by atoms with van der Waals surface area (Å²) in [5.41, 5.74) is 0.0942. The molecule has 1 saturated heterocycles. The number of carbonyl (C=O) groups is 3. The summed E-state index contributed by atoms with van der Waals surface area (Å²) >= 11 is 0. The quantitative estimate of drug-likeness (QED) is 0.764. The number of methoxy groups -OCH3 is 2. The topological polar surface area (TPSA) is 97.0 Å². The van der Waals surface area contributed by atoms with E-state index in [4.69, 9.17) is 9.47 Å². The van der Waals surface area contributed by atoms with Crippen LogP contribution in [0, 0.1) is 5.82 Å². The molecule has 0 aromatic heterocycles. The Labute approximate surface area is 125 Å². The third kappa shape index (κ3) is 3.25. The summed E-state index contributed by atoms with van der Waals surface area (Å²) in [7, 11) is 2.66. The van der Waals surface area contributed by atoms with Crippen molar-refractivity contribution < 1.29 is 28.2 Å². The van der Waals surface area contributed by atoms with Gasteiger partial charge in [0.25, 0.3) is 0 Å². The van der Waals surface area contributed by atoms with Gasteiger partial charge in [0.1, 0.15) is 18.8 Å². The standard InChI is InChI=1S/C13H14FN3O5/c1-21-9-4-10(22-2)8(3-7(9)14)15-11(18)5-17-6-12(19)16-13(17)20/h3-4H,5-6H2,1-2H3,(H,15,18)(H,16,19,20). The highest BCUT2D eigenvalue weighted by Crippen LogP contribution is 2.31. The lowest BCUT2D eigenvalue weighted by atomic mass is 10.2. The van der Waals surface area contributed by atoms with Crippen molar-refractivity contribution in [3.05, 3.63) is 17.9 Å². The van der Waals surface area contributed by atoms with E-state index in [0.717, 1.165) is 11.0 Å². The maximum absolute atomic E-state index is 13.7. The molecule has 2 N–H and O–H groups in total. The van der Waals surface area contributed by atoms with Crippen LogP contribution < -0.4 is 20.1 Å². The molecule has 118 valence electrons. The highest BCUT2D eigenvalue weighted by atomic mass is 19.1. The van der Waals surface area contributed by atoms with Crippen molar-refractivity contribution >= 4 is 23.5 Å². The van der Waals surface area contributed by atoms with E-state index in [9.17, 15) is 18.8 Å². The molecule has 1 heterocycles. The molecule has 22 heavy (non-hydrogen) atoms. The van der Waals surface area contributed by atoms with Crippen molar-refractivity contribution in [3.63, 3.8) is 0 Å². The zero-order valence-electron chi connectivity index (χ0n) is 11.9. The summed E-state index contributed by atoms with van der Waals surface area (Å²) in [5.74, 6) is -1.57. The average Bonchev–Trinajstić information content (AvgIpc) is 2.77. The lowest BCUT2D eigenvalue weighted by Gasteiger charge is -2.15. The predicted octanol–water partition coefficient (Wildman–Crippen LogP) is 0.333. The molecule has 2 rings (SSSR count). The monoisotopic (exact) mass is 311 g/mol. The fourth-order valence-electron chi connectivity index (χ4n) is 1.93. The van der Waals surface area contributed by atoms with Gasteiger partial charge in [0.05, 0.1) is 19.9 Å². The van der Waals surface area contributed by atoms with Crippen LogP contribution in [-0.4, -0.2) is 50.1 Å². The number of rotatable bonds is 5. The number of amides is 4. The molecule has 0 unspecified atom stereocenters. The van der Waals surface area contributed by atoms with Crippen molar-refractivity contribution in [1.82, 2.24) is 10.2 Å². The van der Waals surface area contributed by atoms with E-state index in [1.165, 1.54) is 20.3 Å². The first-order valence-electron chi connectivity index (χ1n) is 6.24. The molecule has 0 radical (unpaired) electrons. The van der Waals surface area contributed by atoms with E-state index in [0.29, 0.717) is 0 Å². The summed E-state index contributed by atoms with van der Waals surface area (Å²) in [6.45, 7) is -0.533. The van der Waals surface area contributed by atoms with Gasteiger partial charge in [-0.1, -0.05) is 0 Å². The largest absolute Gasteiger partial charge is 0.494 e. The number of imide groups is 1. The molecule has 0 spiro atoms. The van der Waals surface area contributed by atoms with E-state index in [1.54, 1.807) is 0 Å². The third-order valence-electron chi connectivity index (χ3n) is 2.95. The molecule has 0 aliphatic carbocycles. The van der Waals surface area contributed by atoms with Crippen LogP contribution in [0.15, 0.2) is 12.1 Å². The number of anilines is 1. The minimum atomic E-state index is -0.673. The van der Waals surface area contributed by atoms with E-state index in [-0.39, 0.29) is 30.3 Å². The molecule has 0 atom stereocenters. The van der Waals surface area contributed by atoms with Crippen LogP contribution in [0.3, 0.4) is 0 Å². The van der Waals surface area contributed by atoms with Crippen LogP contribution in [0.2, 0.25) is 0 Å². The molecule has 1 aliphatic heterocycles. The molecular formula is C13H14FN3O5. The van der Waals surface area contributed by atoms with Crippen molar-refractivity contribution in [2.75, 3.05) is 32.6 Å². The minimum absolute atomic E-state index is 0.0284. The fraction of sp³-hybridized carbons (Fsp3) is 0.308. The first-order chi connectivity index (χ1) is 10.4. The molecule has 0 saturated carbocycles. The number of hydrogen-bond donors (Lipinski definition) is 2. The summed E-state index contributed by atoms with van der Waals surface area (Å²) in [4.78, 5) is 35.3. The third-order valence-corrected chi connectivity index (χ3v) is 2.95. The molecule has 1 aromatic carbocycles. The molecule has 4 amide bonds. The first-order valence-corrected chi connectivity index (χ1v) is 6.24. The maximum atomic E-state index is 13.7. The van der Waals surface area contributed by atoms with E-state index in [1.807, 2.05) is 5.32 Å². The molecule has 1 aromatic rings. The normalized spacial score (nSPS) is 13.9. The van der Waals surface area contributed by atoms with Gasteiger partial charge < -0.3 is 19.7 Å². The fourth-order valence-corrected chi connectivity index (χ4v) is 1.93. The molecular weight excluding hydrogens is 297 g/mol. The molecule has 1 aliphatic rings. The van der Waals surface area contributed by atoms with Crippen molar-refractivity contribution in [3.8, 4) is 11.5 Å². The maximum Gasteiger partial charge on any atom is 0.325 e. The Kier molecular flexibility index (Phi) is 4.44. The van der Waals surface area contributed by atoms with Crippen molar-refractivity contribution in [1.29, 1.82) is 0 Å². The Morgan fingerprint density at radius 2 is 2.00 bits per heavy atom. The molecule has 9 heteroatoms. The number of halogens is 1. The number of nitrogens with one attached hydrogen (secondary N) is 2. The van der Waals surface area contributed by atoms with E-state index in [2.05, 4.69) is 5.32 Å². The molecule has 0 bridgehead atoms. The van der Waals surface area contributed by atoms with Gasteiger partial charge in [-0.25, -0.2) is 9.18 Å². The second-order valence-electron chi connectivity index (χ2n) is 4.44. The number of carbonyl (C=O) groups excluding carboxylic acids is 3. The van der Waals surface area contributed by atoms with E-state index >= 15 is 0 Å². The van der Waals surface area contributed by atoms with Gasteiger partial charge in [-0.05, 0) is 0 Å². The molecule has 1 fully saturated rings. The summed E-state index contributed by atoms with van der Waals surface area (Å²) < 4.78 is 23.5. The van der Waals surface area contributed by atoms with Crippen LogP contribution in [-0.2, 0) is 9.59 Å². The zero-order valence-corrected chi connectivity index (χ0v) is 11.9. The van der Waals surface area contributed by atoms with Crippen molar-refractivity contribution in [2.24, 2.45) is 0 Å². The van der Waals surface area contributed by atoms with Crippen LogP contribution in [0.4, 0.5) is 14.9 Å². The summed E-state index contributed by atoms with van der Waals surface area (Å²) in [5, 5.41) is 4.47. The lowest BCUT2D eigenvalue weighted by molar-refractivity contribution is -0.119. The van der Waals surface area contributed by atoms with E-state index < -0.39 is 23.7 Å². The van der Waals surface area contributed by atoms with Gasteiger partial charge in [-0.2, -0.15) is 0 Å². The summed E-state index contributed by atoms with van der Waals surface area (Å²) in [6, 6.07) is 1.69. The number of benzene rings is 1. The van der Waals surface area contributed by atoms with Gasteiger partial charge in [0.2, 0.25) is 11.8 Å². The Morgan fingerprint density at radius 3 is 2.55 bits per heavy atom. The SMILES string of the molecule is COc1cc(OC)c(NC(=O)CN2CC(=O)NC2=O)cc1F. The second-order valence-corrected chi connectivity index (χ2v) is 4.44. The molecule has 8 nitrogen and oxygen atoms in total. The zero-order chi connectivity index (χ0) is 16.3. The average molecular weight is 311 g/mol. The van der Waals surface area contributed by atoms with Gasteiger partial charge >= 0.3 is 6.03 Å². The number of ether oxygens (including phenoxy) is 2. The smallest absolute Gasteiger partial charge is 0.325 e. The van der Waals surface area contributed by atoms with Gasteiger partial charge in [-0.3, -0.25) is 14.9 Å². The highest BCUT2D eigenvalue weighted by Gasteiger charge is 2.28. The second kappa shape index (κ2) is 6.29. The number of urea groups is 1. The Balaban J connectivity index is 2.09. The first kappa shape index (κ1) is 15.5. The minimum Gasteiger partial charge on any atom is -0.494 e. The van der Waals surface area contributed by atoms with Crippen LogP contribution in [0.1, 0.15) is 0 Å². The highest BCUT2D eigenvalue weighted by molar-refractivity contribution is 6.04. The lowest BCUT2D eigenvalue weighted by Crippen LogP contribution is -2.35. The Bertz CT molecular complexity index is 634.